The summed E-state index contributed by atoms with van der Waals surface area (Å²) in [6.45, 7) is 1.74. The molecule has 0 fully saturated rings. The van der Waals surface area contributed by atoms with Gasteiger partial charge in [0.2, 0.25) is 0 Å². The average molecular weight is 175 g/mol. The molecule has 0 aliphatic carbocycles. The van der Waals surface area contributed by atoms with Gasteiger partial charge in [0.1, 0.15) is 6.29 Å². The highest BCUT2D eigenvalue weighted by molar-refractivity contribution is 7.30. The third-order valence-electron chi connectivity index (χ3n) is 0.626. The fraction of sp³-hybridized carbons (Fsp3) is 1.00. The molecule has 0 saturated carbocycles. The van der Waals surface area contributed by atoms with Crippen LogP contribution >= 0.6 is 22.2 Å². The summed E-state index contributed by atoms with van der Waals surface area (Å²) >= 11 is 10.7. The Balaban J connectivity index is 3.10. The molecule has 5 heteroatoms. The predicted molar refractivity (Wildman–Crippen MR) is 36.4 cm³/mol. The average Bonchev–Trinajstić information content (AvgIpc) is 1.65. The second kappa shape index (κ2) is 4.58. The molecule has 2 nitrogen and oxygen atoms in total. The Labute approximate surface area is 59.8 Å². The fourth-order valence-corrected chi connectivity index (χ4v) is 1.47. The van der Waals surface area contributed by atoms with Crippen molar-refractivity contribution in [1.82, 2.24) is 0 Å². The number of methoxy groups -OCH3 is 1. The summed E-state index contributed by atoms with van der Waals surface area (Å²) in [5.74, 6) is 0. The SMILES string of the molecule is COC(C)O[SiH](Cl)Cl. The number of halogens is 2. The summed E-state index contributed by atoms with van der Waals surface area (Å²) < 4.78 is 9.55. The Morgan fingerprint density at radius 1 is 1.50 bits per heavy atom. The Morgan fingerprint density at radius 2 is 2.00 bits per heavy atom. The molecule has 0 N–H and O–H groups in total. The van der Waals surface area contributed by atoms with Gasteiger partial charge in [-0.1, -0.05) is 0 Å². The van der Waals surface area contributed by atoms with Crippen LogP contribution in [0.25, 0.3) is 0 Å². The van der Waals surface area contributed by atoms with E-state index in [9.17, 15) is 0 Å². The molecule has 0 bridgehead atoms. The first-order valence-corrected chi connectivity index (χ1v) is 6.09. The molecule has 0 spiro atoms. The van der Waals surface area contributed by atoms with E-state index in [0.717, 1.165) is 0 Å². The van der Waals surface area contributed by atoms with Crippen LogP contribution in [0.3, 0.4) is 0 Å². The molecule has 8 heavy (non-hydrogen) atoms. The van der Waals surface area contributed by atoms with E-state index in [-0.39, 0.29) is 6.29 Å². The molecule has 0 aromatic heterocycles. The summed E-state index contributed by atoms with van der Waals surface area (Å²) in [4.78, 5) is 0. The first-order chi connectivity index (χ1) is 3.66. The lowest BCUT2D eigenvalue weighted by Crippen LogP contribution is -2.15. The Hall–Kier alpha value is 0.717. The Morgan fingerprint density at radius 3 is 2.12 bits per heavy atom. The second-order valence-electron chi connectivity index (χ2n) is 1.20. The molecule has 1 unspecified atom stereocenters. The van der Waals surface area contributed by atoms with E-state index >= 15 is 0 Å². The summed E-state index contributed by atoms with van der Waals surface area (Å²) in [5, 5.41) is 0. The zero-order valence-electron chi connectivity index (χ0n) is 4.73. The van der Waals surface area contributed by atoms with Crippen LogP contribution in [0.2, 0.25) is 0 Å². The van der Waals surface area contributed by atoms with Crippen LogP contribution in [-0.2, 0) is 9.16 Å². The summed E-state index contributed by atoms with van der Waals surface area (Å²) in [5.41, 5.74) is 0. The maximum atomic E-state index is 5.35. The molecular weight excluding hydrogens is 167 g/mol. The van der Waals surface area contributed by atoms with E-state index in [0.29, 0.717) is 0 Å². The minimum Gasteiger partial charge on any atom is -0.368 e. The molecule has 0 saturated heterocycles. The lowest BCUT2D eigenvalue weighted by Gasteiger charge is -2.09. The topological polar surface area (TPSA) is 18.5 Å². The van der Waals surface area contributed by atoms with Crippen molar-refractivity contribution >= 4 is 29.8 Å². The normalized spacial score (nSPS) is 14.6. The van der Waals surface area contributed by atoms with Gasteiger partial charge < -0.3 is 9.16 Å². The summed E-state index contributed by atoms with van der Waals surface area (Å²) in [6, 6.07) is 0. The van der Waals surface area contributed by atoms with Crippen molar-refractivity contribution in [1.29, 1.82) is 0 Å². The highest BCUT2D eigenvalue weighted by atomic mass is 35.7. The highest BCUT2D eigenvalue weighted by Crippen LogP contribution is 2.01. The van der Waals surface area contributed by atoms with Gasteiger partial charge in [0.15, 0.2) is 0 Å². The largest absolute Gasteiger partial charge is 0.375 e. The van der Waals surface area contributed by atoms with E-state index in [2.05, 4.69) is 0 Å². The van der Waals surface area contributed by atoms with Gasteiger partial charge in [-0.15, -0.1) is 22.2 Å². The van der Waals surface area contributed by atoms with Gasteiger partial charge in [-0.2, -0.15) is 0 Å². The van der Waals surface area contributed by atoms with E-state index in [4.69, 9.17) is 31.3 Å². The minimum absolute atomic E-state index is 0.276. The van der Waals surface area contributed by atoms with Crippen LogP contribution in [-0.4, -0.2) is 21.1 Å². The highest BCUT2D eigenvalue weighted by Gasteiger charge is 2.06. The molecule has 0 aliphatic heterocycles. The van der Waals surface area contributed by atoms with Crippen LogP contribution < -0.4 is 0 Å². The van der Waals surface area contributed by atoms with Crippen molar-refractivity contribution in [2.24, 2.45) is 0 Å². The number of rotatable bonds is 3. The van der Waals surface area contributed by atoms with E-state index in [1.807, 2.05) is 0 Å². The van der Waals surface area contributed by atoms with E-state index in [1.54, 1.807) is 6.92 Å². The molecule has 1 atom stereocenters. The van der Waals surface area contributed by atoms with Crippen molar-refractivity contribution in [3.63, 3.8) is 0 Å². The van der Waals surface area contributed by atoms with Crippen molar-refractivity contribution in [2.45, 2.75) is 13.2 Å². The van der Waals surface area contributed by atoms with Crippen LogP contribution in [0.15, 0.2) is 0 Å². The molecular formula is C3H8Cl2O2Si. The van der Waals surface area contributed by atoms with Crippen LogP contribution in [0.4, 0.5) is 0 Å². The van der Waals surface area contributed by atoms with Gasteiger partial charge >= 0.3 is 7.66 Å². The first-order valence-electron chi connectivity index (χ1n) is 2.13. The maximum absolute atomic E-state index is 5.35. The fourth-order valence-electron chi connectivity index (χ4n) is 0.200. The lowest BCUT2D eigenvalue weighted by atomic mass is 10.8. The molecule has 0 aromatic carbocycles. The quantitative estimate of drug-likeness (QED) is 0.364. The molecule has 0 aliphatic rings. The van der Waals surface area contributed by atoms with E-state index in [1.165, 1.54) is 7.11 Å². The Bertz CT molecular complexity index is 61.2. The molecule has 0 amide bonds. The van der Waals surface area contributed by atoms with Gasteiger partial charge in [0.05, 0.1) is 0 Å². The number of hydrogen-bond acceptors (Lipinski definition) is 2. The van der Waals surface area contributed by atoms with Crippen LogP contribution in [0.5, 0.6) is 0 Å². The second-order valence-corrected chi connectivity index (χ2v) is 5.04. The van der Waals surface area contributed by atoms with Gasteiger partial charge in [-0.3, -0.25) is 0 Å². The smallest absolute Gasteiger partial charge is 0.368 e. The van der Waals surface area contributed by atoms with Gasteiger partial charge in [-0.05, 0) is 6.92 Å². The van der Waals surface area contributed by atoms with Crippen molar-refractivity contribution in [2.75, 3.05) is 7.11 Å². The van der Waals surface area contributed by atoms with Gasteiger partial charge in [0.25, 0.3) is 0 Å². The van der Waals surface area contributed by atoms with Gasteiger partial charge in [0, 0.05) is 7.11 Å². The predicted octanol–water partition coefficient (Wildman–Crippen LogP) is 1.19. The zero-order valence-corrected chi connectivity index (χ0v) is 7.39. The molecule has 50 valence electrons. The van der Waals surface area contributed by atoms with Crippen molar-refractivity contribution in [3.05, 3.63) is 0 Å². The third kappa shape index (κ3) is 4.87. The van der Waals surface area contributed by atoms with Gasteiger partial charge in [-0.25, -0.2) is 0 Å². The minimum atomic E-state index is -1.93. The maximum Gasteiger partial charge on any atom is 0.375 e. The molecule has 0 aromatic rings. The van der Waals surface area contributed by atoms with Crippen molar-refractivity contribution in [3.8, 4) is 0 Å². The molecule has 0 heterocycles. The number of hydrogen-bond donors (Lipinski definition) is 0. The third-order valence-corrected chi connectivity index (χ3v) is 1.83. The zero-order chi connectivity index (χ0) is 6.57. The van der Waals surface area contributed by atoms with E-state index < -0.39 is 7.66 Å². The number of ether oxygens (including phenoxy) is 1. The first kappa shape index (κ1) is 8.72. The lowest BCUT2D eigenvalue weighted by molar-refractivity contribution is -0.0362. The van der Waals surface area contributed by atoms with Crippen LogP contribution in [0, 0.1) is 0 Å². The Kier molecular flexibility index (Phi) is 4.99. The monoisotopic (exact) mass is 174 g/mol. The van der Waals surface area contributed by atoms with Crippen molar-refractivity contribution < 1.29 is 9.16 Å². The molecule has 0 radical (unpaired) electrons. The molecule has 0 rings (SSSR count). The summed E-state index contributed by atoms with van der Waals surface area (Å²) in [7, 11) is -0.390. The van der Waals surface area contributed by atoms with Crippen LogP contribution in [0.1, 0.15) is 6.92 Å². The standard InChI is InChI=1S/C3H8Cl2O2Si/c1-3(6-2)7-8(4)5/h3,8H,1-2H3. The summed E-state index contributed by atoms with van der Waals surface area (Å²) in [6.07, 6.45) is -0.276.